The molecule has 0 saturated carbocycles. The first-order chi connectivity index (χ1) is 6.27. The van der Waals surface area contributed by atoms with Gasteiger partial charge in [0.05, 0.1) is 10.6 Å². The fraction of sp³-hybridized carbons (Fsp3) is 0.333. The maximum atomic E-state index is 9.20. The van der Waals surface area contributed by atoms with Gasteiger partial charge in [-0.3, -0.25) is 0 Å². The second kappa shape index (κ2) is 4.79. The van der Waals surface area contributed by atoms with E-state index in [0.29, 0.717) is 0 Å². The Morgan fingerprint density at radius 2 is 2.08 bits per heavy atom. The molecule has 2 nitrogen and oxygen atoms in total. The van der Waals surface area contributed by atoms with E-state index >= 15 is 0 Å². The van der Waals surface area contributed by atoms with Gasteiger partial charge in [0.25, 0.3) is 0 Å². The van der Waals surface area contributed by atoms with Crippen molar-refractivity contribution in [3.05, 3.63) is 23.8 Å². The predicted molar refractivity (Wildman–Crippen MR) is 60.5 cm³/mol. The zero-order valence-corrected chi connectivity index (χ0v) is 9.58. The molecule has 1 N–H and O–H groups in total. The first kappa shape index (κ1) is 10.8. The molecule has 0 amide bonds. The smallest absolute Gasteiger partial charge is 0.100 e. The summed E-state index contributed by atoms with van der Waals surface area (Å²) >= 11 is 0. The highest BCUT2D eigenvalue weighted by molar-refractivity contribution is 8.68. The lowest BCUT2D eigenvalue weighted by molar-refractivity contribution is 0.663. The van der Waals surface area contributed by atoms with Crippen molar-refractivity contribution in [2.45, 2.75) is 25.7 Å². The highest BCUT2D eigenvalue weighted by Crippen LogP contribution is 2.41. The van der Waals surface area contributed by atoms with Gasteiger partial charge in [-0.25, -0.2) is 0 Å². The van der Waals surface area contributed by atoms with Crippen LogP contribution >= 0.6 is 10.8 Å². The molecule has 1 aromatic rings. The number of aryl methyl sites for hydroxylation is 1. The van der Waals surface area contributed by atoms with Gasteiger partial charge in [0.1, 0.15) is 10.0 Å². The lowest BCUT2D eigenvalue weighted by Crippen LogP contribution is -1.74. The highest BCUT2D eigenvalue weighted by atomic mass is 33.1. The summed E-state index contributed by atoms with van der Waals surface area (Å²) < 4.78 is 13.3. The van der Waals surface area contributed by atoms with Gasteiger partial charge in [-0.1, -0.05) is 26.0 Å². The van der Waals surface area contributed by atoms with Crippen molar-refractivity contribution in [1.82, 2.24) is 0 Å². The minimum atomic E-state index is -0.838. The van der Waals surface area contributed by atoms with Crippen LogP contribution in [0.3, 0.4) is 0 Å². The molecule has 13 heavy (non-hydrogen) atoms. The molecule has 0 fully saturated rings. The molecule has 0 bridgehead atoms. The average molecular weight is 215 g/mol. The van der Waals surface area contributed by atoms with Crippen molar-refractivity contribution < 1.29 is 4.55 Å². The molecule has 0 aromatic heterocycles. The van der Waals surface area contributed by atoms with Crippen molar-refractivity contribution in [1.29, 1.82) is 0 Å². The Bertz CT molecular complexity index is 336. The van der Waals surface area contributed by atoms with E-state index < -0.39 is 10.0 Å². The standard InChI is InChI=1S/C7H7NOS2.C2H6/c1-5-3-2-4-6-7(5)10-11(9)8-6;1-2/h2-4H,1H3,(H,8,9);1-2H3. The molecule has 0 saturated heterocycles. The molecule has 1 aliphatic heterocycles. The molecule has 1 unspecified atom stereocenters. The first-order valence-electron chi connectivity index (χ1n) is 4.20. The molecule has 1 atom stereocenters. The number of hydrogen-bond acceptors (Lipinski definition) is 2. The fourth-order valence-electron chi connectivity index (χ4n) is 0.995. The lowest BCUT2D eigenvalue weighted by Gasteiger charge is -1.97. The quantitative estimate of drug-likeness (QED) is 0.665. The third-order valence-corrected chi connectivity index (χ3v) is 3.90. The Kier molecular flexibility index (Phi) is 3.96. The Hall–Kier alpha value is -0.320. The van der Waals surface area contributed by atoms with E-state index in [4.69, 9.17) is 0 Å². The second-order valence-corrected chi connectivity index (χ2v) is 4.94. The number of fused-ring (bicyclic) bond motifs is 1. The summed E-state index contributed by atoms with van der Waals surface area (Å²) in [7, 11) is 0.596. The monoisotopic (exact) mass is 215 g/mol. The minimum absolute atomic E-state index is 0.838. The van der Waals surface area contributed by atoms with Crippen LogP contribution in [0.4, 0.5) is 5.69 Å². The lowest BCUT2D eigenvalue weighted by atomic mass is 10.2. The van der Waals surface area contributed by atoms with Gasteiger partial charge < -0.3 is 4.55 Å². The van der Waals surface area contributed by atoms with Crippen molar-refractivity contribution in [2.75, 3.05) is 0 Å². The molecular weight excluding hydrogens is 202 g/mol. The van der Waals surface area contributed by atoms with Gasteiger partial charge in [-0.2, -0.15) is 4.36 Å². The van der Waals surface area contributed by atoms with Crippen LogP contribution < -0.4 is 0 Å². The maximum absolute atomic E-state index is 9.20. The van der Waals surface area contributed by atoms with Crippen LogP contribution in [0.2, 0.25) is 0 Å². The van der Waals surface area contributed by atoms with Crippen molar-refractivity contribution in [2.24, 2.45) is 4.36 Å². The molecule has 1 aromatic carbocycles. The summed E-state index contributed by atoms with van der Waals surface area (Å²) in [6, 6.07) is 5.92. The van der Waals surface area contributed by atoms with Crippen molar-refractivity contribution in [3.63, 3.8) is 0 Å². The highest BCUT2D eigenvalue weighted by Gasteiger charge is 2.14. The molecule has 1 heterocycles. The van der Waals surface area contributed by atoms with Crippen LogP contribution in [0.5, 0.6) is 0 Å². The van der Waals surface area contributed by atoms with E-state index in [1.807, 2.05) is 39.0 Å². The van der Waals surface area contributed by atoms with E-state index in [1.54, 1.807) is 0 Å². The van der Waals surface area contributed by atoms with Gasteiger partial charge in [-0.15, -0.1) is 0 Å². The molecule has 72 valence electrons. The molecule has 2 rings (SSSR count). The Morgan fingerprint density at radius 1 is 1.38 bits per heavy atom. The Morgan fingerprint density at radius 3 is 2.69 bits per heavy atom. The number of hydrogen-bond donors (Lipinski definition) is 1. The minimum Gasteiger partial charge on any atom is -0.313 e. The molecule has 0 spiro atoms. The largest absolute Gasteiger partial charge is 0.313 e. The van der Waals surface area contributed by atoms with Crippen LogP contribution in [-0.2, 0) is 10.0 Å². The van der Waals surface area contributed by atoms with Gasteiger partial charge in [0.15, 0.2) is 0 Å². The summed E-state index contributed by atoms with van der Waals surface area (Å²) in [6.07, 6.45) is 0. The van der Waals surface area contributed by atoms with Crippen LogP contribution in [0.25, 0.3) is 0 Å². The van der Waals surface area contributed by atoms with E-state index in [9.17, 15) is 4.55 Å². The third-order valence-electron chi connectivity index (χ3n) is 1.53. The van der Waals surface area contributed by atoms with Crippen LogP contribution in [0.1, 0.15) is 19.4 Å². The summed E-state index contributed by atoms with van der Waals surface area (Å²) in [5.74, 6) is 0. The summed E-state index contributed by atoms with van der Waals surface area (Å²) in [5, 5.41) is 0. The third kappa shape index (κ3) is 2.33. The van der Waals surface area contributed by atoms with E-state index in [2.05, 4.69) is 4.36 Å². The first-order valence-corrected chi connectivity index (χ1v) is 6.68. The SMILES string of the molecule is CC.Cc1cccc2c1SS(O)=N2. The Balaban J connectivity index is 0.000000396. The van der Waals surface area contributed by atoms with E-state index in [1.165, 1.54) is 16.4 Å². The summed E-state index contributed by atoms with van der Waals surface area (Å²) in [5.41, 5.74) is 2.13. The number of rotatable bonds is 0. The van der Waals surface area contributed by atoms with Crippen LogP contribution in [-0.4, -0.2) is 4.55 Å². The second-order valence-electron chi connectivity index (χ2n) is 2.33. The fourth-order valence-corrected chi connectivity index (χ4v) is 3.41. The van der Waals surface area contributed by atoms with Crippen LogP contribution in [0.15, 0.2) is 27.5 Å². The zero-order chi connectivity index (χ0) is 9.84. The molecule has 0 radical (unpaired) electrons. The van der Waals surface area contributed by atoms with Gasteiger partial charge >= 0.3 is 0 Å². The van der Waals surface area contributed by atoms with E-state index in [-0.39, 0.29) is 0 Å². The zero-order valence-electron chi connectivity index (χ0n) is 7.94. The van der Waals surface area contributed by atoms with Crippen molar-refractivity contribution in [3.8, 4) is 0 Å². The topological polar surface area (TPSA) is 32.6 Å². The predicted octanol–water partition coefficient (Wildman–Crippen LogP) is 3.95. The van der Waals surface area contributed by atoms with E-state index in [0.717, 1.165) is 10.6 Å². The van der Waals surface area contributed by atoms with Crippen LogP contribution in [0, 0.1) is 6.92 Å². The molecule has 1 aliphatic rings. The molecule has 0 aliphatic carbocycles. The maximum Gasteiger partial charge on any atom is 0.100 e. The normalized spacial score (nSPS) is 18.3. The summed E-state index contributed by atoms with van der Waals surface area (Å²) in [4.78, 5) is 1.12. The van der Waals surface area contributed by atoms with Gasteiger partial charge in [0.2, 0.25) is 0 Å². The summed E-state index contributed by atoms with van der Waals surface area (Å²) in [6.45, 7) is 6.03. The van der Waals surface area contributed by atoms with Gasteiger partial charge in [-0.05, 0) is 29.3 Å². The number of nitrogens with zero attached hydrogens (tertiary/aromatic N) is 1. The molecule has 4 heteroatoms. The van der Waals surface area contributed by atoms with Crippen molar-refractivity contribution >= 4 is 26.5 Å². The molecular formula is C9H13NOS2. The number of benzene rings is 1. The average Bonchev–Trinajstić information content (AvgIpc) is 2.51. The Labute approximate surface area is 85.1 Å². The van der Waals surface area contributed by atoms with Gasteiger partial charge in [0, 0.05) is 0 Å².